The van der Waals surface area contributed by atoms with Crippen LogP contribution in [-0.2, 0) is 11.8 Å². The van der Waals surface area contributed by atoms with Crippen LogP contribution >= 0.6 is 11.8 Å². The molecule has 0 radical (unpaired) electrons. The highest BCUT2D eigenvalue weighted by molar-refractivity contribution is 8.00. The molecule has 9 heteroatoms. The van der Waals surface area contributed by atoms with Crippen LogP contribution in [0.4, 0.5) is 4.79 Å². The number of piperidine rings is 2. The molecule has 0 spiro atoms. The van der Waals surface area contributed by atoms with Crippen LogP contribution in [0.25, 0.3) is 0 Å². The molecule has 4 heterocycles. The van der Waals surface area contributed by atoms with E-state index >= 15 is 0 Å². The number of amides is 3. The zero-order valence-electron chi connectivity index (χ0n) is 15.1. The standard InChI is InChI=1S/C17H26N6O2S/c1-21-9-13(8-19-21)26-11-16(24)22-7-4-15-14(10-22)20-17(25)23(15)12-2-5-18-6-3-12/h8-9,12,14-15,18H,2-7,10-11H2,1H3,(H,20,25). The van der Waals surface area contributed by atoms with Gasteiger partial charge in [0.15, 0.2) is 0 Å². The molecule has 4 rings (SSSR count). The Labute approximate surface area is 157 Å². The topological polar surface area (TPSA) is 82.5 Å². The van der Waals surface area contributed by atoms with E-state index < -0.39 is 0 Å². The first-order valence-electron chi connectivity index (χ1n) is 9.30. The van der Waals surface area contributed by atoms with Crippen LogP contribution in [-0.4, -0.2) is 81.6 Å². The smallest absolute Gasteiger partial charge is 0.318 e. The number of carbonyl (C=O) groups excluding carboxylic acids is 2. The van der Waals surface area contributed by atoms with Gasteiger partial charge in [-0.25, -0.2) is 4.79 Å². The molecule has 2 unspecified atom stereocenters. The number of fused-ring (bicyclic) bond motifs is 1. The van der Waals surface area contributed by atoms with Gasteiger partial charge in [-0.2, -0.15) is 5.10 Å². The molecule has 142 valence electrons. The van der Waals surface area contributed by atoms with Gasteiger partial charge in [0.05, 0.1) is 24.0 Å². The van der Waals surface area contributed by atoms with Gasteiger partial charge in [-0.3, -0.25) is 9.48 Å². The van der Waals surface area contributed by atoms with Crippen LogP contribution in [0.2, 0.25) is 0 Å². The first-order chi connectivity index (χ1) is 12.6. The monoisotopic (exact) mass is 378 g/mol. The van der Waals surface area contributed by atoms with Crippen molar-refractivity contribution in [2.45, 2.75) is 42.3 Å². The summed E-state index contributed by atoms with van der Waals surface area (Å²) in [4.78, 5) is 30.1. The minimum absolute atomic E-state index is 0.0472. The quantitative estimate of drug-likeness (QED) is 0.735. The lowest BCUT2D eigenvalue weighted by atomic mass is 9.96. The molecule has 26 heavy (non-hydrogen) atoms. The Balaban J connectivity index is 1.33. The Kier molecular flexibility index (Phi) is 5.08. The van der Waals surface area contributed by atoms with Gasteiger partial charge >= 0.3 is 6.03 Å². The summed E-state index contributed by atoms with van der Waals surface area (Å²) in [5, 5.41) is 10.6. The Hall–Kier alpha value is -1.74. The molecule has 0 aliphatic carbocycles. The van der Waals surface area contributed by atoms with Gasteiger partial charge in [0, 0.05) is 37.3 Å². The molecule has 3 saturated heterocycles. The van der Waals surface area contributed by atoms with E-state index in [1.54, 1.807) is 10.9 Å². The summed E-state index contributed by atoms with van der Waals surface area (Å²) in [6.45, 7) is 3.29. The van der Waals surface area contributed by atoms with Crippen molar-refractivity contribution in [1.82, 2.24) is 30.2 Å². The van der Waals surface area contributed by atoms with Crippen LogP contribution < -0.4 is 10.6 Å². The second kappa shape index (κ2) is 7.48. The van der Waals surface area contributed by atoms with E-state index in [1.165, 1.54) is 11.8 Å². The molecular formula is C17H26N6O2S. The van der Waals surface area contributed by atoms with Gasteiger partial charge < -0.3 is 20.4 Å². The first kappa shape index (κ1) is 17.7. The van der Waals surface area contributed by atoms with E-state index in [0.29, 0.717) is 18.3 Å². The number of carbonyl (C=O) groups is 2. The molecule has 1 aromatic heterocycles. The van der Waals surface area contributed by atoms with Crippen molar-refractivity contribution in [3.8, 4) is 0 Å². The van der Waals surface area contributed by atoms with Gasteiger partial charge in [0.1, 0.15) is 0 Å². The van der Waals surface area contributed by atoms with Crippen molar-refractivity contribution in [3.63, 3.8) is 0 Å². The fraction of sp³-hybridized carbons (Fsp3) is 0.706. The largest absolute Gasteiger partial charge is 0.340 e. The lowest BCUT2D eigenvalue weighted by Gasteiger charge is -2.40. The number of likely N-dealkylation sites (tertiary alicyclic amines) is 1. The molecule has 3 aliphatic heterocycles. The van der Waals surface area contributed by atoms with E-state index in [1.807, 2.05) is 18.1 Å². The highest BCUT2D eigenvalue weighted by atomic mass is 32.2. The third-order valence-corrected chi connectivity index (χ3v) is 6.51. The number of hydrogen-bond acceptors (Lipinski definition) is 5. The van der Waals surface area contributed by atoms with Crippen molar-refractivity contribution in [1.29, 1.82) is 0 Å². The fourth-order valence-electron chi connectivity index (χ4n) is 4.26. The number of urea groups is 1. The van der Waals surface area contributed by atoms with Crippen LogP contribution in [0.5, 0.6) is 0 Å². The average Bonchev–Trinajstić information content (AvgIpc) is 3.21. The number of nitrogens with zero attached hydrogens (tertiary/aromatic N) is 4. The molecule has 0 bridgehead atoms. The van der Waals surface area contributed by atoms with Gasteiger partial charge in [-0.15, -0.1) is 11.8 Å². The normalized spacial score (nSPS) is 26.7. The maximum Gasteiger partial charge on any atom is 0.318 e. The van der Waals surface area contributed by atoms with Crippen molar-refractivity contribution in [2.24, 2.45) is 7.05 Å². The van der Waals surface area contributed by atoms with Gasteiger partial charge in [0.2, 0.25) is 5.91 Å². The number of nitrogens with one attached hydrogen (secondary N) is 2. The lowest BCUT2D eigenvalue weighted by Crippen LogP contribution is -2.55. The predicted octanol–water partition coefficient (Wildman–Crippen LogP) is 0.259. The highest BCUT2D eigenvalue weighted by Crippen LogP contribution is 2.28. The first-order valence-corrected chi connectivity index (χ1v) is 10.3. The maximum absolute atomic E-state index is 12.6. The molecule has 0 aromatic carbocycles. The fourth-order valence-corrected chi connectivity index (χ4v) is 5.08. The zero-order valence-corrected chi connectivity index (χ0v) is 15.9. The van der Waals surface area contributed by atoms with E-state index in [4.69, 9.17) is 0 Å². The molecule has 2 atom stereocenters. The zero-order chi connectivity index (χ0) is 18.1. The van der Waals surface area contributed by atoms with Gasteiger partial charge in [-0.1, -0.05) is 0 Å². The maximum atomic E-state index is 12.6. The third-order valence-electron chi connectivity index (χ3n) is 5.58. The minimum atomic E-state index is 0.0472. The molecule has 8 nitrogen and oxygen atoms in total. The molecule has 3 aliphatic rings. The van der Waals surface area contributed by atoms with Crippen molar-refractivity contribution in [3.05, 3.63) is 12.4 Å². The van der Waals surface area contributed by atoms with Crippen LogP contribution in [0.1, 0.15) is 19.3 Å². The molecule has 1 aromatic rings. The molecule has 2 N–H and O–H groups in total. The number of aryl methyl sites for hydroxylation is 1. The van der Waals surface area contributed by atoms with Crippen molar-refractivity contribution >= 4 is 23.7 Å². The van der Waals surface area contributed by atoms with E-state index in [-0.39, 0.29) is 24.0 Å². The van der Waals surface area contributed by atoms with Crippen molar-refractivity contribution < 1.29 is 9.59 Å². The predicted molar refractivity (Wildman–Crippen MR) is 99.0 cm³/mol. The summed E-state index contributed by atoms with van der Waals surface area (Å²) < 4.78 is 1.74. The molecule has 3 amide bonds. The average molecular weight is 379 g/mol. The van der Waals surface area contributed by atoms with Crippen LogP contribution in [0.3, 0.4) is 0 Å². The third kappa shape index (κ3) is 3.55. The Morgan fingerprint density at radius 1 is 1.35 bits per heavy atom. The van der Waals surface area contributed by atoms with E-state index in [9.17, 15) is 9.59 Å². The molecule has 3 fully saturated rings. The van der Waals surface area contributed by atoms with E-state index in [0.717, 1.165) is 43.8 Å². The summed E-state index contributed by atoms with van der Waals surface area (Å²) in [5.41, 5.74) is 0. The lowest BCUT2D eigenvalue weighted by molar-refractivity contribution is -0.130. The number of aromatic nitrogens is 2. The Bertz CT molecular complexity index is 674. The highest BCUT2D eigenvalue weighted by Gasteiger charge is 2.46. The van der Waals surface area contributed by atoms with Crippen LogP contribution in [0, 0.1) is 0 Å². The summed E-state index contributed by atoms with van der Waals surface area (Å²) >= 11 is 1.51. The van der Waals surface area contributed by atoms with Gasteiger partial charge in [0.25, 0.3) is 0 Å². The molecule has 0 saturated carbocycles. The second-order valence-corrected chi connectivity index (χ2v) is 8.33. The number of hydrogen-bond donors (Lipinski definition) is 2. The van der Waals surface area contributed by atoms with E-state index in [2.05, 4.69) is 20.6 Å². The SMILES string of the molecule is Cn1cc(SCC(=O)N2CCC3C(C2)NC(=O)N3C2CCNCC2)cn1. The summed E-state index contributed by atoms with van der Waals surface area (Å²) in [6.07, 6.45) is 6.58. The summed E-state index contributed by atoms with van der Waals surface area (Å²) in [7, 11) is 1.87. The van der Waals surface area contributed by atoms with Crippen LogP contribution in [0.15, 0.2) is 17.3 Å². The minimum Gasteiger partial charge on any atom is -0.340 e. The summed E-state index contributed by atoms with van der Waals surface area (Å²) in [6, 6.07) is 0.652. The van der Waals surface area contributed by atoms with Gasteiger partial charge in [-0.05, 0) is 32.4 Å². The number of rotatable bonds is 4. The van der Waals surface area contributed by atoms with Crippen molar-refractivity contribution in [2.75, 3.05) is 31.9 Å². The molecular weight excluding hydrogens is 352 g/mol. The second-order valence-electron chi connectivity index (χ2n) is 7.28. The Morgan fingerprint density at radius 2 is 2.15 bits per heavy atom. The number of thioether (sulfide) groups is 1. The Morgan fingerprint density at radius 3 is 2.88 bits per heavy atom. The summed E-state index contributed by atoms with van der Waals surface area (Å²) in [5.74, 6) is 0.543.